The van der Waals surface area contributed by atoms with Crippen LogP contribution >= 0.6 is 0 Å². The van der Waals surface area contributed by atoms with Crippen LogP contribution in [0, 0.1) is 0 Å². The number of rotatable bonds is 5. The second-order valence-corrected chi connectivity index (χ2v) is 4.96. The van der Waals surface area contributed by atoms with E-state index in [1.165, 1.54) is 6.42 Å². The Balaban J connectivity index is 2.12. The molecule has 5 heteroatoms. The molecule has 1 fully saturated rings. The zero-order valence-electron chi connectivity index (χ0n) is 10.8. The summed E-state index contributed by atoms with van der Waals surface area (Å²) in [6, 6.07) is 5.91. The van der Waals surface area contributed by atoms with Gasteiger partial charge in [0.2, 0.25) is 0 Å². The van der Waals surface area contributed by atoms with E-state index in [1.807, 2.05) is 0 Å². The van der Waals surface area contributed by atoms with E-state index in [0.717, 1.165) is 43.6 Å². The van der Waals surface area contributed by atoms with Crippen molar-refractivity contribution in [3.63, 3.8) is 0 Å². The third-order valence-corrected chi connectivity index (χ3v) is 3.64. The maximum absolute atomic E-state index is 12.5. The molecule has 0 saturated heterocycles. The van der Waals surface area contributed by atoms with Gasteiger partial charge in [0.05, 0.1) is 5.56 Å². The summed E-state index contributed by atoms with van der Waals surface area (Å²) in [5.41, 5.74) is 5.79. The maximum Gasteiger partial charge on any atom is 0.416 e. The highest BCUT2D eigenvalue weighted by Gasteiger charge is 2.31. The first-order valence-electron chi connectivity index (χ1n) is 6.66. The van der Waals surface area contributed by atoms with Crippen LogP contribution in [0.25, 0.3) is 0 Å². The van der Waals surface area contributed by atoms with Gasteiger partial charge in [0.25, 0.3) is 0 Å². The molecule has 0 aliphatic heterocycles. The molecule has 0 bridgehead atoms. The quantitative estimate of drug-likeness (QED) is 0.890. The highest BCUT2D eigenvalue weighted by Crippen LogP contribution is 2.33. The van der Waals surface area contributed by atoms with Gasteiger partial charge in [0.15, 0.2) is 0 Å². The fourth-order valence-electron chi connectivity index (χ4n) is 2.32. The van der Waals surface area contributed by atoms with Crippen LogP contribution in [0.5, 0.6) is 0 Å². The van der Waals surface area contributed by atoms with Gasteiger partial charge < -0.3 is 10.6 Å². The summed E-state index contributed by atoms with van der Waals surface area (Å²) in [5.74, 6) is 0. The first-order chi connectivity index (χ1) is 9.02. The first-order valence-corrected chi connectivity index (χ1v) is 6.66. The summed E-state index contributed by atoms with van der Waals surface area (Å²) >= 11 is 0. The molecule has 0 radical (unpaired) electrons. The molecule has 2 rings (SSSR count). The molecule has 106 valence electrons. The van der Waals surface area contributed by atoms with Gasteiger partial charge in [-0.25, -0.2) is 0 Å². The van der Waals surface area contributed by atoms with E-state index in [2.05, 4.69) is 4.90 Å². The van der Waals surface area contributed by atoms with Gasteiger partial charge in [0, 0.05) is 18.3 Å². The van der Waals surface area contributed by atoms with Gasteiger partial charge in [-0.1, -0.05) is 0 Å². The van der Waals surface area contributed by atoms with E-state index >= 15 is 0 Å². The maximum atomic E-state index is 12.5. The van der Waals surface area contributed by atoms with E-state index < -0.39 is 11.7 Å². The van der Waals surface area contributed by atoms with E-state index in [-0.39, 0.29) is 0 Å². The minimum atomic E-state index is -4.27. The Hall–Kier alpha value is -1.23. The van der Waals surface area contributed by atoms with Crippen molar-refractivity contribution in [2.24, 2.45) is 5.73 Å². The molecule has 0 spiro atoms. The summed E-state index contributed by atoms with van der Waals surface area (Å²) in [7, 11) is 0. The van der Waals surface area contributed by atoms with Crippen LogP contribution in [0.15, 0.2) is 24.3 Å². The number of halogens is 3. The van der Waals surface area contributed by atoms with Crippen molar-refractivity contribution in [3.8, 4) is 0 Å². The average molecular weight is 272 g/mol. The van der Waals surface area contributed by atoms with Crippen molar-refractivity contribution in [1.29, 1.82) is 0 Å². The second kappa shape index (κ2) is 5.82. The molecule has 2 nitrogen and oxygen atoms in total. The predicted octanol–water partition coefficient (Wildman–Crippen LogP) is 3.41. The van der Waals surface area contributed by atoms with Crippen LogP contribution in [0.3, 0.4) is 0 Å². The smallest absolute Gasteiger partial charge is 0.369 e. The lowest BCUT2D eigenvalue weighted by Crippen LogP contribution is -2.41. The van der Waals surface area contributed by atoms with Crippen LogP contribution in [0.2, 0.25) is 0 Å². The number of benzene rings is 1. The Bertz CT molecular complexity index is 396. The number of hydrogen-bond donors (Lipinski definition) is 1. The Morgan fingerprint density at radius 3 is 2.21 bits per heavy atom. The molecule has 0 unspecified atom stereocenters. The standard InChI is InChI=1S/C14H19F3N2/c15-14(16,17)11-5-7-13(8-6-11)19(10-2-9-18)12-3-1-4-12/h5-8,12H,1-4,9-10,18H2. The number of nitrogens with two attached hydrogens (primary N) is 1. The fourth-order valence-corrected chi connectivity index (χ4v) is 2.32. The predicted molar refractivity (Wildman–Crippen MR) is 70.1 cm³/mol. The van der Waals surface area contributed by atoms with Crippen molar-refractivity contribution in [2.45, 2.75) is 37.9 Å². The van der Waals surface area contributed by atoms with Crippen LogP contribution < -0.4 is 10.6 Å². The lowest BCUT2D eigenvalue weighted by atomic mass is 9.90. The molecule has 1 aliphatic rings. The zero-order chi connectivity index (χ0) is 13.9. The summed E-state index contributed by atoms with van der Waals surface area (Å²) in [6.45, 7) is 1.41. The minimum absolute atomic E-state index is 0.461. The molecule has 0 aromatic heterocycles. The normalized spacial score (nSPS) is 16.2. The lowest BCUT2D eigenvalue weighted by molar-refractivity contribution is -0.137. The molecule has 0 atom stereocenters. The highest BCUT2D eigenvalue weighted by molar-refractivity contribution is 5.49. The number of alkyl halides is 3. The SMILES string of the molecule is NCCCN(c1ccc(C(F)(F)F)cc1)C1CCC1. The minimum Gasteiger partial charge on any atom is -0.369 e. The zero-order valence-corrected chi connectivity index (χ0v) is 10.8. The van der Waals surface area contributed by atoms with Gasteiger partial charge in [0.1, 0.15) is 0 Å². The Labute approximate surface area is 111 Å². The second-order valence-electron chi connectivity index (χ2n) is 4.96. The van der Waals surface area contributed by atoms with Crippen molar-refractivity contribution in [3.05, 3.63) is 29.8 Å². The van der Waals surface area contributed by atoms with Crippen LogP contribution in [-0.4, -0.2) is 19.1 Å². The summed E-state index contributed by atoms with van der Waals surface area (Å²) in [5, 5.41) is 0. The molecule has 0 amide bonds. The third-order valence-electron chi connectivity index (χ3n) is 3.64. The first kappa shape index (κ1) is 14.2. The van der Waals surface area contributed by atoms with Gasteiger partial charge in [-0.2, -0.15) is 13.2 Å². The number of hydrogen-bond acceptors (Lipinski definition) is 2. The number of nitrogens with zero attached hydrogens (tertiary/aromatic N) is 1. The van der Waals surface area contributed by atoms with E-state index in [0.29, 0.717) is 12.6 Å². The van der Waals surface area contributed by atoms with E-state index in [4.69, 9.17) is 5.73 Å². The van der Waals surface area contributed by atoms with E-state index in [1.54, 1.807) is 12.1 Å². The van der Waals surface area contributed by atoms with Gasteiger partial charge in [-0.15, -0.1) is 0 Å². The Morgan fingerprint density at radius 2 is 1.79 bits per heavy atom. The lowest BCUT2D eigenvalue weighted by Gasteiger charge is -2.39. The molecule has 0 heterocycles. The van der Waals surface area contributed by atoms with Gasteiger partial charge in [-0.3, -0.25) is 0 Å². The van der Waals surface area contributed by atoms with Crippen LogP contribution in [0.4, 0.5) is 18.9 Å². The largest absolute Gasteiger partial charge is 0.416 e. The summed E-state index contributed by atoms with van der Waals surface area (Å²) in [6.07, 6.45) is 0.0240. The molecule has 19 heavy (non-hydrogen) atoms. The summed E-state index contributed by atoms with van der Waals surface area (Å²) < 4.78 is 37.6. The molecule has 1 aliphatic carbocycles. The van der Waals surface area contributed by atoms with Crippen molar-refractivity contribution in [1.82, 2.24) is 0 Å². The van der Waals surface area contributed by atoms with Crippen LogP contribution in [-0.2, 0) is 6.18 Å². The van der Waals surface area contributed by atoms with Crippen LogP contribution in [0.1, 0.15) is 31.2 Å². The monoisotopic (exact) mass is 272 g/mol. The highest BCUT2D eigenvalue weighted by atomic mass is 19.4. The van der Waals surface area contributed by atoms with Gasteiger partial charge >= 0.3 is 6.18 Å². The number of anilines is 1. The van der Waals surface area contributed by atoms with Crippen molar-refractivity contribution < 1.29 is 13.2 Å². The van der Waals surface area contributed by atoms with Crippen molar-refractivity contribution in [2.75, 3.05) is 18.0 Å². The molecule has 1 aromatic rings. The topological polar surface area (TPSA) is 29.3 Å². The molecule has 2 N–H and O–H groups in total. The van der Waals surface area contributed by atoms with E-state index in [9.17, 15) is 13.2 Å². The summed E-state index contributed by atoms with van der Waals surface area (Å²) in [4.78, 5) is 2.19. The molecular formula is C14H19F3N2. The molecule has 1 saturated carbocycles. The third kappa shape index (κ3) is 3.41. The fraction of sp³-hybridized carbons (Fsp3) is 0.571. The Morgan fingerprint density at radius 1 is 1.16 bits per heavy atom. The van der Waals surface area contributed by atoms with Gasteiger partial charge in [-0.05, 0) is 56.5 Å². The van der Waals surface area contributed by atoms with Crippen molar-refractivity contribution >= 4 is 5.69 Å². The molecule has 1 aromatic carbocycles. The molecular weight excluding hydrogens is 253 g/mol. The Kier molecular flexibility index (Phi) is 4.34. The average Bonchev–Trinajstić information content (AvgIpc) is 2.31.